The SMILES string of the molecule is Cc1nnc2sc(-c3ccc(CNC(=O)C(C)C)cc3)nn12. The van der Waals surface area contributed by atoms with Crippen LogP contribution in [0.2, 0.25) is 0 Å². The van der Waals surface area contributed by atoms with Crippen LogP contribution in [0.4, 0.5) is 0 Å². The Morgan fingerprint density at radius 1 is 1.27 bits per heavy atom. The van der Waals surface area contributed by atoms with E-state index < -0.39 is 0 Å². The summed E-state index contributed by atoms with van der Waals surface area (Å²) < 4.78 is 1.75. The molecule has 22 heavy (non-hydrogen) atoms. The molecule has 0 radical (unpaired) electrons. The molecule has 0 atom stereocenters. The summed E-state index contributed by atoms with van der Waals surface area (Å²) >= 11 is 1.51. The monoisotopic (exact) mass is 315 g/mol. The van der Waals surface area contributed by atoms with Crippen LogP contribution in [0.25, 0.3) is 15.5 Å². The van der Waals surface area contributed by atoms with Crippen molar-refractivity contribution in [2.75, 3.05) is 0 Å². The van der Waals surface area contributed by atoms with E-state index in [1.54, 1.807) is 4.52 Å². The third-order valence-electron chi connectivity index (χ3n) is 3.34. The molecule has 1 amide bonds. The molecule has 0 saturated heterocycles. The molecule has 2 aromatic heterocycles. The van der Waals surface area contributed by atoms with Gasteiger partial charge in [-0.25, -0.2) is 0 Å². The number of rotatable bonds is 4. The molecule has 0 aliphatic heterocycles. The number of aromatic nitrogens is 4. The maximum Gasteiger partial charge on any atom is 0.234 e. The number of aryl methyl sites for hydroxylation is 1. The third kappa shape index (κ3) is 2.85. The van der Waals surface area contributed by atoms with Crippen LogP contribution >= 0.6 is 11.3 Å². The summed E-state index contributed by atoms with van der Waals surface area (Å²) in [6.45, 7) is 6.19. The number of carbonyl (C=O) groups excluding carboxylic acids is 1. The quantitative estimate of drug-likeness (QED) is 0.802. The summed E-state index contributed by atoms with van der Waals surface area (Å²) in [6, 6.07) is 8.03. The highest BCUT2D eigenvalue weighted by atomic mass is 32.1. The summed E-state index contributed by atoms with van der Waals surface area (Å²) in [4.78, 5) is 12.4. The Balaban J connectivity index is 1.74. The van der Waals surface area contributed by atoms with Gasteiger partial charge >= 0.3 is 0 Å². The molecule has 0 aliphatic carbocycles. The van der Waals surface area contributed by atoms with E-state index in [-0.39, 0.29) is 11.8 Å². The van der Waals surface area contributed by atoms with Crippen LogP contribution in [0.5, 0.6) is 0 Å². The molecule has 0 bridgehead atoms. The van der Waals surface area contributed by atoms with Crippen molar-refractivity contribution in [1.82, 2.24) is 25.1 Å². The Hall–Kier alpha value is -2.28. The Kier molecular flexibility index (Phi) is 3.89. The highest BCUT2D eigenvalue weighted by Crippen LogP contribution is 2.25. The molecule has 0 spiro atoms. The van der Waals surface area contributed by atoms with Crippen LogP contribution in [-0.4, -0.2) is 25.7 Å². The first-order valence-corrected chi connectivity index (χ1v) is 7.92. The van der Waals surface area contributed by atoms with Crippen molar-refractivity contribution in [3.05, 3.63) is 35.7 Å². The minimum atomic E-state index is 0.00246. The van der Waals surface area contributed by atoms with Crippen molar-refractivity contribution in [1.29, 1.82) is 0 Å². The molecule has 0 saturated carbocycles. The summed E-state index contributed by atoms with van der Waals surface area (Å²) in [5.41, 5.74) is 2.10. The molecule has 2 heterocycles. The lowest BCUT2D eigenvalue weighted by molar-refractivity contribution is -0.124. The third-order valence-corrected chi connectivity index (χ3v) is 4.29. The molecule has 114 valence electrons. The van der Waals surface area contributed by atoms with Gasteiger partial charge in [-0.15, -0.1) is 10.2 Å². The zero-order valence-electron chi connectivity index (χ0n) is 12.7. The maximum absolute atomic E-state index is 11.6. The van der Waals surface area contributed by atoms with E-state index in [0.717, 1.165) is 26.9 Å². The van der Waals surface area contributed by atoms with Crippen molar-refractivity contribution in [2.45, 2.75) is 27.3 Å². The molecular weight excluding hydrogens is 298 g/mol. The van der Waals surface area contributed by atoms with Crippen LogP contribution in [0, 0.1) is 12.8 Å². The maximum atomic E-state index is 11.6. The molecule has 1 aromatic carbocycles. The summed E-state index contributed by atoms with van der Waals surface area (Å²) in [5.74, 6) is 0.848. The van der Waals surface area contributed by atoms with Gasteiger partial charge in [0.15, 0.2) is 5.82 Å². The average Bonchev–Trinajstić information content (AvgIpc) is 3.08. The number of fused-ring (bicyclic) bond motifs is 1. The first-order chi connectivity index (χ1) is 10.5. The standard InChI is InChI=1S/C15H17N5OS/c1-9(2)13(21)16-8-11-4-6-12(7-5-11)14-19-20-10(3)17-18-15(20)22-14/h4-7,9H,8H2,1-3H3,(H,16,21). The minimum absolute atomic E-state index is 0.00246. The molecule has 3 rings (SSSR count). The normalized spacial score (nSPS) is 11.3. The van der Waals surface area contributed by atoms with Gasteiger partial charge in [0, 0.05) is 18.0 Å². The molecule has 0 fully saturated rings. The van der Waals surface area contributed by atoms with E-state index in [2.05, 4.69) is 20.6 Å². The van der Waals surface area contributed by atoms with Gasteiger partial charge in [0.1, 0.15) is 5.01 Å². The van der Waals surface area contributed by atoms with Crippen LogP contribution < -0.4 is 5.32 Å². The second kappa shape index (κ2) is 5.84. The molecule has 1 N–H and O–H groups in total. The largest absolute Gasteiger partial charge is 0.352 e. The summed E-state index contributed by atoms with van der Waals surface area (Å²) in [5, 5.41) is 16.4. The molecule has 0 unspecified atom stereocenters. The van der Waals surface area contributed by atoms with E-state index in [4.69, 9.17) is 0 Å². The number of benzene rings is 1. The molecule has 7 heteroatoms. The number of nitrogens with one attached hydrogen (secondary N) is 1. The van der Waals surface area contributed by atoms with Crippen molar-refractivity contribution in [2.24, 2.45) is 5.92 Å². The minimum Gasteiger partial charge on any atom is -0.352 e. The number of hydrogen-bond donors (Lipinski definition) is 1. The fourth-order valence-corrected chi connectivity index (χ4v) is 2.88. The first kappa shape index (κ1) is 14.6. The number of carbonyl (C=O) groups is 1. The van der Waals surface area contributed by atoms with Gasteiger partial charge in [0.25, 0.3) is 0 Å². The van der Waals surface area contributed by atoms with Gasteiger partial charge in [-0.3, -0.25) is 4.79 Å². The van der Waals surface area contributed by atoms with Crippen molar-refractivity contribution >= 4 is 22.2 Å². The molecule has 3 aromatic rings. The van der Waals surface area contributed by atoms with Crippen molar-refractivity contribution in [3.63, 3.8) is 0 Å². The topological polar surface area (TPSA) is 72.2 Å². The zero-order valence-corrected chi connectivity index (χ0v) is 13.5. The van der Waals surface area contributed by atoms with Crippen molar-refractivity contribution in [3.8, 4) is 10.6 Å². The van der Waals surface area contributed by atoms with E-state index in [1.165, 1.54) is 11.3 Å². The van der Waals surface area contributed by atoms with E-state index in [9.17, 15) is 4.79 Å². The lowest BCUT2D eigenvalue weighted by atomic mass is 10.1. The number of hydrogen-bond acceptors (Lipinski definition) is 5. The van der Waals surface area contributed by atoms with Gasteiger partial charge in [-0.05, 0) is 12.5 Å². The summed E-state index contributed by atoms with van der Waals surface area (Å²) in [6.07, 6.45) is 0. The van der Waals surface area contributed by atoms with Gasteiger partial charge in [0.05, 0.1) is 0 Å². The van der Waals surface area contributed by atoms with Crippen LogP contribution in [0.1, 0.15) is 25.2 Å². The Morgan fingerprint density at radius 2 is 2.00 bits per heavy atom. The van der Waals surface area contributed by atoms with Gasteiger partial charge in [-0.2, -0.15) is 9.61 Å². The first-order valence-electron chi connectivity index (χ1n) is 7.10. The van der Waals surface area contributed by atoms with Crippen LogP contribution in [0.15, 0.2) is 24.3 Å². The van der Waals surface area contributed by atoms with E-state index >= 15 is 0 Å². The van der Waals surface area contributed by atoms with Gasteiger partial charge < -0.3 is 5.32 Å². The smallest absolute Gasteiger partial charge is 0.234 e. The Morgan fingerprint density at radius 3 is 2.64 bits per heavy atom. The predicted molar refractivity (Wildman–Crippen MR) is 85.5 cm³/mol. The second-order valence-corrected chi connectivity index (χ2v) is 6.37. The zero-order chi connectivity index (χ0) is 15.7. The lowest BCUT2D eigenvalue weighted by Crippen LogP contribution is -2.27. The van der Waals surface area contributed by atoms with Gasteiger partial charge in [0.2, 0.25) is 10.9 Å². The highest BCUT2D eigenvalue weighted by Gasteiger charge is 2.10. The van der Waals surface area contributed by atoms with Crippen LogP contribution in [-0.2, 0) is 11.3 Å². The van der Waals surface area contributed by atoms with Crippen LogP contribution in [0.3, 0.4) is 0 Å². The predicted octanol–water partition coefficient (Wildman–Crippen LogP) is 2.43. The number of amides is 1. The fraction of sp³-hybridized carbons (Fsp3) is 0.333. The second-order valence-electron chi connectivity index (χ2n) is 5.42. The molecule has 0 aliphatic rings. The highest BCUT2D eigenvalue weighted by molar-refractivity contribution is 7.19. The van der Waals surface area contributed by atoms with Crippen molar-refractivity contribution < 1.29 is 4.79 Å². The summed E-state index contributed by atoms with van der Waals surface area (Å²) in [7, 11) is 0. The fourth-order valence-electron chi connectivity index (χ4n) is 1.99. The van der Waals surface area contributed by atoms with E-state index in [0.29, 0.717) is 6.54 Å². The van der Waals surface area contributed by atoms with Gasteiger partial charge in [-0.1, -0.05) is 49.4 Å². The Bertz CT molecular complexity index is 803. The lowest BCUT2D eigenvalue weighted by Gasteiger charge is -2.07. The van der Waals surface area contributed by atoms with E-state index in [1.807, 2.05) is 45.0 Å². The molecular formula is C15H17N5OS. The Labute approximate surface area is 132 Å². The number of nitrogens with zero attached hydrogens (tertiary/aromatic N) is 4. The molecule has 6 nitrogen and oxygen atoms in total. The average molecular weight is 315 g/mol.